The topological polar surface area (TPSA) is 59.8 Å². The van der Waals surface area contributed by atoms with E-state index >= 15 is 0 Å². The predicted molar refractivity (Wildman–Crippen MR) is 63.6 cm³/mol. The van der Waals surface area contributed by atoms with Crippen LogP contribution >= 0.6 is 11.6 Å². The molecule has 2 aromatic rings. The zero-order valence-electron chi connectivity index (χ0n) is 9.22. The zero-order chi connectivity index (χ0) is 12.3. The maximum Gasteiger partial charge on any atom is 0.251 e. The minimum Gasteiger partial charge on any atom is -0.348 e. The first-order chi connectivity index (χ1) is 8.15. The largest absolute Gasteiger partial charge is 0.348 e. The van der Waals surface area contributed by atoms with Crippen molar-refractivity contribution in [2.75, 3.05) is 0 Å². The van der Waals surface area contributed by atoms with Gasteiger partial charge in [-0.1, -0.05) is 11.6 Å². The lowest BCUT2D eigenvalue weighted by molar-refractivity contribution is 0.0951. The molecular formula is C11H11ClN4O. The number of amides is 1. The molecule has 0 aliphatic rings. The van der Waals surface area contributed by atoms with Crippen LogP contribution in [0.3, 0.4) is 0 Å². The van der Waals surface area contributed by atoms with Crippen molar-refractivity contribution < 1.29 is 4.79 Å². The molecule has 0 saturated heterocycles. The summed E-state index contributed by atoms with van der Waals surface area (Å²) in [5.74, 6) is -0.182. The van der Waals surface area contributed by atoms with Crippen LogP contribution in [0.5, 0.6) is 0 Å². The Morgan fingerprint density at radius 1 is 1.59 bits per heavy atom. The number of aromatic nitrogens is 3. The van der Waals surface area contributed by atoms with E-state index in [1.54, 1.807) is 16.9 Å². The minimum absolute atomic E-state index is 0.182. The van der Waals surface area contributed by atoms with Crippen molar-refractivity contribution in [1.82, 2.24) is 20.1 Å². The summed E-state index contributed by atoms with van der Waals surface area (Å²) >= 11 is 5.70. The van der Waals surface area contributed by atoms with Gasteiger partial charge in [-0.05, 0) is 12.1 Å². The van der Waals surface area contributed by atoms with Gasteiger partial charge in [0.05, 0.1) is 6.20 Å². The molecule has 17 heavy (non-hydrogen) atoms. The van der Waals surface area contributed by atoms with Crippen LogP contribution in [0.2, 0.25) is 5.15 Å². The third-order valence-corrected chi connectivity index (χ3v) is 2.41. The number of rotatable bonds is 3. The molecule has 0 fully saturated rings. The lowest BCUT2D eigenvalue weighted by atomic mass is 10.2. The molecule has 0 radical (unpaired) electrons. The van der Waals surface area contributed by atoms with Crippen LogP contribution in [0.4, 0.5) is 0 Å². The van der Waals surface area contributed by atoms with Crippen LogP contribution in [0, 0.1) is 0 Å². The monoisotopic (exact) mass is 250 g/mol. The molecule has 2 heterocycles. The van der Waals surface area contributed by atoms with Crippen LogP contribution in [0.25, 0.3) is 0 Å². The van der Waals surface area contributed by atoms with Crippen molar-refractivity contribution in [2.24, 2.45) is 7.05 Å². The number of nitrogens with one attached hydrogen (secondary N) is 1. The highest BCUT2D eigenvalue weighted by Gasteiger charge is 2.06. The third-order valence-electron chi connectivity index (χ3n) is 2.20. The van der Waals surface area contributed by atoms with Gasteiger partial charge >= 0.3 is 0 Å². The summed E-state index contributed by atoms with van der Waals surface area (Å²) in [6, 6.07) is 3.14. The maximum absolute atomic E-state index is 11.8. The fourth-order valence-electron chi connectivity index (χ4n) is 1.39. The highest BCUT2D eigenvalue weighted by Crippen LogP contribution is 2.07. The molecule has 0 saturated carbocycles. The average molecular weight is 251 g/mol. The molecule has 0 spiro atoms. The van der Waals surface area contributed by atoms with Crippen LogP contribution in [0.15, 0.2) is 30.7 Å². The molecule has 2 rings (SSSR count). The van der Waals surface area contributed by atoms with Gasteiger partial charge < -0.3 is 5.32 Å². The van der Waals surface area contributed by atoms with Crippen molar-refractivity contribution >= 4 is 17.5 Å². The summed E-state index contributed by atoms with van der Waals surface area (Å²) in [6.45, 7) is 0.437. The summed E-state index contributed by atoms with van der Waals surface area (Å²) in [6.07, 6.45) is 5.06. The van der Waals surface area contributed by atoms with Crippen LogP contribution in [-0.4, -0.2) is 20.7 Å². The number of nitrogens with zero attached hydrogens (tertiary/aromatic N) is 3. The molecule has 88 valence electrons. The number of carbonyl (C=O) groups is 1. The highest BCUT2D eigenvalue weighted by atomic mass is 35.5. The second-order valence-corrected chi connectivity index (χ2v) is 3.96. The van der Waals surface area contributed by atoms with E-state index in [1.807, 2.05) is 13.2 Å². The van der Waals surface area contributed by atoms with E-state index in [1.165, 1.54) is 12.3 Å². The minimum atomic E-state index is -0.182. The number of aryl methyl sites for hydroxylation is 1. The Balaban J connectivity index is 1.98. The lowest BCUT2D eigenvalue weighted by Gasteiger charge is -2.03. The Labute approximate surface area is 103 Å². The second-order valence-electron chi connectivity index (χ2n) is 3.57. The van der Waals surface area contributed by atoms with Gasteiger partial charge in [0.25, 0.3) is 5.91 Å². The lowest BCUT2D eigenvalue weighted by Crippen LogP contribution is -2.22. The highest BCUT2D eigenvalue weighted by molar-refractivity contribution is 6.29. The fraction of sp³-hybridized carbons (Fsp3) is 0.182. The summed E-state index contributed by atoms with van der Waals surface area (Å²) in [7, 11) is 1.83. The maximum atomic E-state index is 11.8. The normalized spacial score (nSPS) is 10.2. The van der Waals surface area contributed by atoms with Crippen LogP contribution < -0.4 is 5.32 Å². The molecule has 0 aliphatic carbocycles. The zero-order valence-corrected chi connectivity index (χ0v) is 9.98. The number of hydrogen-bond donors (Lipinski definition) is 1. The summed E-state index contributed by atoms with van der Waals surface area (Å²) < 4.78 is 1.69. The van der Waals surface area contributed by atoms with Crippen molar-refractivity contribution in [2.45, 2.75) is 6.54 Å². The van der Waals surface area contributed by atoms with Gasteiger partial charge in [0, 0.05) is 37.1 Å². The molecule has 0 aliphatic heterocycles. The van der Waals surface area contributed by atoms with Crippen molar-refractivity contribution in [3.05, 3.63) is 47.0 Å². The molecule has 1 amide bonds. The van der Waals surface area contributed by atoms with Crippen molar-refractivity contribution in [3.63, 3.8) is 0 Å². The summed E-state index contributed by atoms with van der Waals surface area (Å²) in [5.41, 5.74) is 1.44. The number of carbonyl (C=O) groups excluding carboxylic acids is 1. The summed E-state index contributed by atoms with van der Waals surface area (Å²) in [5, 5.41) is 7.10. The SMILES string of the molecule is Cn1cc(CNC(=O)c2ccnc(Cl)c2)cn1. The Morgan fingerprint density at radius 3 is 3.06 bits per heavy atom. The third kappa shape index (κ3) is 3.04. The first-order valence-corrected chi connectivity index (χ1v) is 5.40. The van der Waals surface area contributed by atoms with E-state index < -0.39 is 0 Å². The first kappa shape index (κ1) is 11.6. The van der Waals surface area contributed by atoms with Crippen molar-refractivity contribution in [1.29, 1.82) is 0 Å². The van der Waals surface area contributed by atoms with Crippen molar-refractivity contribution in [3.8, 4) is 0 Å². The van der Waals surface area contributed by atoms with Gasteiger partial charge in [-0.3, -0.25) is 9.48 Å². The molecule has 6 heteroatoms. The van der Waals surface area contributed by atoms with Gasteiger partial charge in [0.2, 0.25) is 0 Å². The molecule has 0 unspecified atom stereocenters. The van der Waals surface area contributed by atoms with E-state index in [2.05, 4.69) is 15.4 Å². The Hall–Kier alpha value is -1.88. The average Bonchev–Trinajstić information content (AvgIpc) is 2.72. The van der Waals surface area contributed by atoms with E-state index in [0.29, 0.717) is 17.3 Å². The van der Waals surface area contributed by atoms with Gasteiger partial charge in [0.1, 0.15) is 5.15 Å². The summed E-state index contributed by atoms with van der Waals surface area (Å²) in [4.78, 5) is 15.6. The second kappa shape index (κ2) is 4.97. The Bertz CT molecular complexity index is 538. The molecule has 1 N–H and O–H groups in total. The van der Waals surface area contributed by atoms with E-state index in [-0.39, 0.29) is 5.91 Å². The molecule has 0 bridgehead atoms. The predicted octanol–water partition coefficient (Wildman–Crippen LogP) is 1.40. The van der Waals surface area contributed by atoms with Gasteiger partial charge in [-0.25, -0.2) is 4.98 Å². The quantitative estimate of drug-likeness (QED) is 0.838. The molecule has 0 aromatic carbocycles. The van der Waals surface area contributed by atoms with Gasteiger partial charge in [-0.15, -0.1) is 0 Å². The standard InChI is InChI=1S/C11H11ClN4O/c1-16-7-8(6-15-16)5-14-11(17)9-2-3-13-10(12)4-9/h2-4,6-7H,5H2,1H3,(H,14,17). The fourth-order valence-corrected chi connectivity index (χ4v) is 1.57. The Morgan fingerprint density at radius 2 is 2.41 bits per heavy atom. The smallest absolute Gasteiger partial charge is 0.251 e. The first-order valence-electron chi connectivity index (χ1n) is 5.02. The Kier molecular flexibility index (Phi) is 3.39. The molecular weight excluding hydrogens is 240 g/mol. The number of pyridine rings is 1. The van der Waals surface area contributed by atoms with Crippen LogP contribution in [-0.2, 0) is 13.6 Å². The van der Waals surface area contributed by atoms with Crippen LogP contribution in [0.1, 0.15) is 15.9 Å². The number of hydrogen-bond acceptors (Lipinski definition) is 3. The number of halogens is 1. The van der Waals surface area contributed by atoms with Gasteiger partial charge in [-0.2, -0.15) is 5.10 Å². The molecule has 2 aromatic heterocycles. The van der Waals surface area contributed by atoms with E-state index in [0.717, 1.165) is 5.56 Å². The molecule has 0 atom stereocenters. The van der Waals surface area contributed by atoms with E-state index in [9.17, 15) is 4.79 Å². The van der Waals surface area contributed by atoms with Gasteiger partial charge in [0.15, 0.2) is 0 Å². The molecule has 5 nitrogen and oxygen atoms in total. The van der Waals surface area contributed by atoms with E-state index in [4.69, 9.17) is 11.6 Å².